The van der Waals surface area contributed by atoms with Crippen molar-refractivity contribution in [3.8, 4) is 0 Å². The van der Waals surface area contributed by atoms with Gasteiger partial charge in [0.25, 0.3) is 0 Å². The van der Waals surface area contributed by atoms with Crippen LogP contribution in [0.25, 0.3) is 5.65 Å². The van der Waals surface area contributed by atoms with Crippen LogP contribution in [0, 0.1) is 12.7 Å². The van der Waals surface area contributed by atoms with Crippen molar-refractivity contribution in [2.75, 3.05) is 0 Å². The van der Waals surface area contributed by atoms with E-state index in [-0.39, 0.29) is 5.82 Å². The Morgan fingerprint density at radius 3 is 2.81 bits per heavy atom. The third-order valence-corrected chi connectivity index (χ3v) is 5.18. The van der Waals surface area contributed by atoms with Crippen LogP contribution in [-0.2, 0) is 6.42 Å². The van der Waals surface area contributed by atoms with Gasteiger partial charge in [-0.15, -0.1) is 12.6 Å². The molecule has 0 aliphatic carbocycles. The van der Waals surface area contributed by atoms with Gasteiger partial charge in [0.1, 0.15) is 5.82 Å². The fraction of sp³-hybridized carbons (Fsp3) is 0.429. The highest BCUT2D eigenvalue weighted by Gasteiger charge is 2.15. The van der Waals surface area contributed by atoms with E-state index in [1.54, 1.807) is 18.3 Å². The highest BCUT2D eigenvalue weighted by molar-refractivity contribution is 7.80. The van der Waals surface area contributed by atoms with Crippen molar-refractivity contribution in [3.63, 3.8) is 0 Å². The summed E-state index contributed by atoms with van der Waals surface area (Å²) in [5, 5.41) is 4.33. The molecule has 2 aromatic heterocycles. The Hall–Kier alpha value is -1.88. The fourth-order valence-corrected chi connectivity index (χ4v) is 3.73. The average Bonchev–Trinajstić information content (AvgIpc) is 2.99. The first-order valence-corrected chi connectivity index (χ1v) is 9.82. The number of hydrogen-bond acceptors (Lipinski definition) is 3. The molecule has 0 bridgehead atoms. The molecule has 0 aliphatic rings. The van der Waals surface area contributed by atoms with Gasteiger partial charge in [-0.2, -0.15) is 5.10 Å². The summed E-state index contributed by atoms with van der Waals surface area (Å²) in [6.45, 7) is 4.28. The zero-order chi connectivity index (χ0) is 18.5. The Bertz CT molecular complexity index is 875. The molecule has 0 N–H and O–H groups in total. The van der Waals surface area contributed by atoms with Crippen LogP contribution in [0.2, 0.25) is 0 Å². The van der Waals surface area contributed by atoms with Crippen LogP contribution in [-0.4, -0.2) is 14.6 Å². The minimum absolute atomic E-state index is 0.150. The lowest BCUT2D eigenvalue weighted by Crippen LogP contribution is -2.06. The van der Waals surface area contributed by atoms with E-state index >= 15 is 0 Å². The maximum absolute atomic E-state index is 13.3. The maximum atomic E-state index is 13.3. The van der Waals surface area contributed by atoms with Gasteiger partial charge in [-0.05, 0) is 56.4 Å². The summed E-state index contributed by atoms with van der Waals surface area (Å²) in [7, 11) is 0. The number of unbranched alkanes of at least 4 members (excludes halogenated alkanes) is 1. The molecule has 0 fully saturated rings. The largest absolute Gasteiger partial charge is 0.232 e. The van der Waals surface area contributed by atoms with E-state index in [0.717, 1.165) is 66.0 Å². The van der Waals surface area contributed by atoms with Gasteiger partial charge in [-0.1, -0.05) is 31.9 Å². The van der Waals surface area contributed by atoms with Crippen molar-refractivity contribution >= 4 is 18.3 Å². The third kappa shape index (κ3) is 4.44. The third-order valence-electron chi connectivity index (χ3n) is 4.86. The topological polar surface area (TPSA) is 30.2 Å². The average molecular weight is 372 g/mol. The Labute approximate surface area is 160 Å². The van der Waals surface area contributed by atoms with Crippen LogP contribution in [0.4, 0.5) is 4.39 Å². The standard InChI is InChI=1S/C21H26FN3S/c1-3-7-17(10-5-4-8-16-9-6-11-18(22)13-16)19-12-15(2)25-21(24-19)20(26)14-23-25/h6,9,11-14,17,26H,3-5,7-8,10H2,1-2H3. The zero-order valence-corrected chi connectivity index (χ0v) is 16.3. The molecular weight excluding hydrogens is 345 g/mol. The van der Waals surface area contributed by atoms with Crippen molar-refractivity contribution in [1.82, 2.24) is 14.6 Å². The molecule has 0 radical (unpaired) electrons. The molecule has 0 saturated heterocycles. The Morgan fingerprint density at radius 2 is 2.04 bits per heavy atom. The van der Waals surface area contributed by atoms with Gasteiger partial charge in [-0.25, -0.2) is 13.9 Å². The van der Waals surface area contributed by atoms with E-state index in [4.69, 9.17) is 4.98 Å². The minimum Gasteiger partial charge on any atom is -0.232 e. The molecule has 3 nitrogen and oxygen atoms in total. The maximum Gasteiger partial charge on any atom is 0.168 e. The molecule has 0 saturated carbocycles. The number of thiol groups is 1. The number of benzene rings is 1. The summed E-state index contributed by atoms with van der Waals surface area (Å²) < 4.78 is 15.1. The molecule has 3 rings (SSSR count). The first kappa shape index (κ1) is 18.9. The molecule has 1 aromatic carbocycles. The van der Waals surface area contributed by atoms with E-state index in [1.165, 1.54) is 6.07 Å². The van der Waals surface area contributed by atoms with Crippen LogP contribution in [0.1, 0.15) is 61.9 Å². The number of halogens is 1. The fourth-order valence-electron chi connectivity index (χ4n) is 3.54. The first-order chi connectivity index (χ1) is 12.6. The Kier molecular flexibility index (Phi) is 6.30. The second-order valence-electron chi connectivity index (χ2n) is 6.95. The molecule has 1 atom stereocenters. The van der Waals surface area contributed by atoms with Crippen molar-refractivity contribution in [1.29, 1.82) is 0 Å². The molecule has 1 unspecified atom stereocenters. The summed E-state index contributed by atoms with van der Waals surface area (Å²) in [4.78, 5) is 5.65. The summed E-state index contributed by atoms with van der Waals surface area (Å²) in [5.41, 5.74) is 4.14. The number of aromatic nitrogens is 3. The SMILES string of the molecule is CCCC(CCCCc1cccc(F)c1)c1cc(C)n2ncc(S)c2n1. The molecule has 5 heteroatoms. The van der Waals surface area contributed by atoms with E-state index in [0.29, 0.717) is 5.92 Å². The monoisotopic (exact) mass is 371 g/mol. The molecule has 0 amide bonds. The van der Waals surface area contributed by atoms with E-state index in [2.05, 4.69) is 37.6 Å². The first-order valence-electron chi connectivity index (χ1n) is 9.37. The molecule has 0 spiro atoms. The van der Waals surface area contributed by atoms with E-state index in [9.17, 15) is 4.39 Å². The Morgan fingerprint density at radius 1 is 1.19 bits per heavy atom. The lowest BCUT2D eigenvalue weighted by atomic mass is 9.92. The van der Waals surface area contributed by atoms with Gasteiger partial charge in [0.2, 0.25) is 0 Å². The Balaban J connectivity index is 1.66. The minimum atomic E-state index is -0.150. The van der Waals surface area contributed by atoms with Crippen LogP contribution in [0.15, 0.2) is 41.4 Å². The van der Waals surface area contributed by atoms with E-state index < -0.39 is 0 Å². The summed E-state index contributed by atoms with van der Waals surface area (Å²) >= 11 is 4.47. The molecule has 3 aromatic rings. The van der Waals surface area contributed by atoms with Crippen molar-refractivity contribution < 1.29 is 4.39 Å². The predicted molar refractivity (Wildman–Crippen MR) is 107 cm³/mol. The summed E-state index contributed by atoms with van der Waals surface area (Å²) in [5.74, 6) is 0.293. The van der Waals surface area contributed by atoms with Gasteiger partial charge in [-0.3, -0.25) is 0 Å². The second-order valence-corrected chi connectivity index (χ2v) is 7.43. The molecular formula is C21H26FN3S. The van der Waals surface area contributed by atoms with Gasteiger partial charge >= 0.3 is 0 Å². The van der Waals surface area contributed by atoms with Gasteiger partial charge in [0.05, 0.1) is 11.1 Å². The quantitative estimate of drug-likeness (QED) is 0.403. The highest BCUT2D eigenvalue weighted by atomic mass is 32.1. The zero-order valence-electron chi connectivity index (χ0n) is 15.5. The number of hydrogen-bond donors (Lipinski definition) is 1. The van der Waals surface area contributed by atoms with Crippen LogP contribution >= 0.6 is 12.6 Å². The van der Waals surface area contributed by atoms with E-state index in [1.807, 2.05) is 10.6 Å². The van der Waals surface area contributed by atoms with Crippen LogP contribution < -0.4 is 0 Å². The predicted octanol–water partition coefficient (Wildman–Crippen LogP) is 5.76. The molecule has 26 heavy (non-hydrogen) atoms. The second kappa shape index (κ2) is 8.67. The van der Waals surface area contributed by atoms with Crippen LogP contribution in [0.5, 0.6) is 0 Å². The van der Waals surface area contributed by atoms with Crippen LogP contribution in [0.3, 0.4) is 0 Å². The van der Waals surface area contributed by atoms with Crippen molar-refractivity contribution in [2.24, 2.45) is 0 Å². The number of fused-ring (bicyclic) bond motifs is 1. The van der Waals surface area contributed by atoms with Crippen molar-refractivity contribution in [2.45, 2.75) is 63.2 Å². The molecule has 138 valence electrons. The smallest absolute Gasteiger partial charge is 0.168 e. The number of nitrogens with zero attached hydrogens (tertiary/aromatic N) is 3. The van der Waals surface area contributed by atoms with Crippen molar-refractivity contribution in [3.05, 3.63) is 59.3 Å². The van der Waals surface area contributed by atoms with Gasteiger partial charge < -0.3 is 0 Å². The molecule has 0 aliphatic heterocycles. The normalized spacial score (nSPS) is 12.6. The van der Waals surface area contributed by atoms with Gasteiger partial charge in [0.15, 0.2) is 5.65 Å². The summed E-state index contributed by atoms with van der Waals surface area (Å²) in [6, 6.07) is 9.07. The lowest BCUT2D eigenvalue weighted by Gasteiger charge is -2.17. The highest BCUT2D eigenvalue weighted by Crippen LogP contribution is 2.28. The lowest BCUT2D eigenvalue weighted by molar-refractivity contribution is 0.520. The number of aryl methyl sites for hydroxylation is 2. The number of rotatable bonds is 8. The summed E-state index contributed by atoms with van der Waals surface area (Å²) in [6.07, 6.45) is 8.20. The molecule has 2 heterocycles. The van der Waals surface area contributed by atoms with Gasteiger partial charge in [0, 0.05) is 17.3 Å².